The molecule has 0 heterocycles. The van der Waals surface area contributed by atoms with Gasteiger partial charge < -0.3 is 15.2 Å². The van der Waals surface area contributed by atoms with Crippen molar-refractivity contribution in [1.82, 2.24) is 0 Å². The van der Waals surface area contributed by atoms with E-state index in [4.69, 9.17) is 15.2 Å². The number of carbonyl (C=O) groups excluding carboxylic acids is 2. The van der Waals surface area contributed by atoms with Gasteiger partial charge in [0.15, 0.2) is 0 Å². The number of hydrogen-bond acceptors (Lipinski definition) is 5. The van der Waals surface area contributed by atoms with Gasteiger partial charge in [-0.1, -0.05) is 60.7 Å². The van der Waals surface area contributed by atoms with Crippen molar-refractivity contribution < 1.29 is 19.1 Å². The van der Waals surface area contributed by atoms with Crippen molar-refractivity contribution >= 4 is 17.6 Å². The molecule has 0 aliphatic rings. The lowest BCUT2D eigenvalue weighted by Crippen LogP contribution is -2.11. The van der Waals surface area contributed by atoms with Crippen LogP contribution in [-0.4, -0.2) is 11.9 Å². The predicted molar refractivity (Wildman–Crippen MR) is 102 cm³/mol. The molecule has 0 aromatic heterocycles. The Morgan fingerprint density at radius 2 is 1.22 bits per heavy atom. The molecule has 3 aromatic rings. The van der Waals surface area contributed by atoms with Crippen molar-refractivity contribution in [2.75, 3.05) is 5.73 Å². The predicted octanol–water partition coefficient (Wildman–Crippen LogP) is 3.98. The number of benzene rings is 3. The molecule has 0 amide bonds. The molecule has 27 heavy (non-hydrogen) atoms. The van der Waals surface area contributed by atoms with Gasteiger partial charge in [-0.25, -0.2) is 9.59 Å². The standard InChI is InChI=1S/C22H19NO4/c23-20-12-11-18(21(24)26-14-16-7-3-1-4-8-16)13-19(20)22(25)27-15-17-9-5-2-6-10-17/h1-13H,14-15,23H2. The van der Waals surface area contributed by atoms with E-state index in [0.29, 0.717) is 0 Å². The van der Waals surface area contributed by atoms with Gasteiger partial charge in [0.05, 0.1) is 11.1 Å². The van der Waals surface area contributed by atoms with E-state index in [-0.39, 0.29) is 30.0 Å². The molecule has 0 aliphatic heterocycles. The topological polar surface area (TPSA) is 78.6 Å². The Hall–Kier alpha value is -3.60. The summed E-state index contributed by atoms with van der Waals surface area (Å²) in [5.41, 5.74) is 8.24. The maximum Gasteiger partial charge on any atom is 0.340 e. The number of nitrogens with two attached hydrogens (primary N) is 1. The first-order chi connectivity index (χ1) is 13.1. The first-order valence-electron chi connectivity index (χ1n) is 8.45. The van der Waals surface area contributed by atoms with Crippen LogP contribution in [-0.2, 0) is 22.7 Å². The summed E-state index contributed by atoms with van der Waals surface area (Å²) in [7, 11) is 0. The molecule has 0 unspecified atom stereocenters. The third-order valence-electron chi connectivity index (χ3n) is 3.93. The van der Waals surface area contributed by atoms with Crippen molar-refractivity contribution in [3.05, 3.63) is 101 Å². The number of esters is 2. The van der Waals surface area contributed by atoms with Crippen LogP contribution >= 0.6 is 0 Å². The van der Waals surface area contributed by atoms with Gasteiger partial charge in [-0.15, -0.1) is 0 Å². The molecule has 0 atom stereocenters. The smallest absolute Gasteiger partial charge is 0.340 e. The molecule has 0 saturated carbocycles. The van der Waals surface area contributed by atoms with Crippen molar-refractivity contribution in [3.8, 4) is 0 Å². The molecule has 3 rings (SSSR count). The zero-order chi connectivity index (χ0) is 19.1. The molecule has 0 saturated heterocycles. The van der Waals surface area contributed by atoms with E-state index in [2.05, 4.69) is 0 Å². The van der Waals surface area contributed by atoms with Crippen molar-refractivity contribution in [3.63, 3.8) is 0 Å². The molecule has 0 radical (unpaired) electrons. The van der Waals surface area contributed by atoms with Crippen molar-refractivity contribution in [1.29, 1.82) is 0 Å². The normalized spacial score (nSPS) is 10.2. The molecule has 2 N–H and O–H groups in total. The van der Waals surface area contributed by atoms with Gasteiger partial charge in [0.2, 0.25) is 0 Å². The third-order valence-corrected chi connectivity index (χ3v) is 3.93. The van der Waals surface area contributed by atoms with E-state index in [1.165, 1.54) is 18.2 Å². The summed E-state index contributed by atoms with van der Waals surface area (Å²) in [6.45, 7) is 0.277. The number of anilines is 1. The van der Waals surface area contributed by atoms with Gasteiger partial charge in [0.25, 0.3) is 0 Å². The second-order valence-electron chi connectivity index (χ2n) is 5.93. The molecule has 5 nitrogen and oxygen atoms in total. The van der Waals surface area contributed by atoms with Crippen LogP contribution in [0.3, 0.4) is 0 Å². The molecular weight excluding hydrogens is 342 g/mol. The molecule has 136 valence electrons. The Morgan fingerprint density at radius 1 is 0.704 bits per heavy atom. The number of rotatable bonds is 6. The highest BCUT2D eigenvalue weighted by atomic mass is 16.5. The van der Waals surface area contributed by atoms with Gasteiger partial charge in [-0.3, -0.25) is 0 Å². The second kappa shape index (κ2) is 8.67. The molecule has 0 bridgehead atoms. The summed E-state index contributed by atoms with van der Waals surface area (Å²) in [4.78, 5) is 24.6. The van der Waals surface area contributed by atoms with Crippen LogP contribution in [0.25, 0.3) is 0 Å². The molecule has 0 fully saturated rings. The maximum atomic E-state index is 12.3. The fraction of sp³-hybridized carbons (Fsp3) is 0.0909. The maximum absolute atomic E-state index is 12.3. The lowest BCUT2D eigenvalue weighted by Gasteiger charge is -2.10. The molecular formula is C22H19NO4. The third kappa shape index (κ3) is 4.95. The number of ether oxygens (including phenoxy) is 2. The first-order valence-corrected chi connectivity index (χ1v) is 8.45. The SMILES string of the molecule is Nc1ccc(C(=O)OCc2ccccc2)cc1C(=O)OCc1ccccc1. The van der Waals surface area contributed by atoms with Gasteiger partial charge in [0.1, 0.15) is 13.2 Å². The summed E-state index contributed by atoms with van der Waals surface area (Å²) < 4.78 is 10.6. The fourth-order valence-electron chi connectivity index (χ4n) is 2.47. The second-order valence-corrected chi connectivity index (χ2v) is 5.93. The number of nitrogen functional groups attached to an aromatic ring is 1. The highest BCUT2D eigenvalue weighted by Gasteiger charge is 2.16. The fourth-order valence-corrected chi connectivity index (χ4v) is 2.47. The van der Waals surface area contributed by atoms with Crippen LogP contribution in [0.15, 0.2) is 78.9 Å². The average molecular weight is 361 g/mol. The molecule has 5 heteroatoms. The molecule has 0 aliphatic carbocycles. The minimum Gasteiger partial charge on any atom is -0.457 e. The van der Waals surface area contributed by atoms with E-state index < -0.39 is 11.9 Å². The Labute approximate surface area is 157 Å². The summed E-state index contributed by atoms with van der Waals surface area (Å²) >= 11 is 0. The Kier molecular flexibility index (Phi) is 5.84. The van der Waals surface area contributed by atoms with Crippen LogP contribution in [0.1, 0.15) is 31.8 Å². The van der Waals surface area contributed by atoms with Crippen LogP contribution in [0.5, 0.6) is 0 Å². The summed E-state index contributed by atoms with van der Waals surface area (Å²) in [5.74, 6) is -1.12. The zero-order valence-electron chi connectivity index (χ0n) is 14.6. The van der Waals surface area contributed by atoms with Gasteiger partial charge >= 0.3 is 11.9 Å². The number of carbonyl (C=O) groups is 2. The number of hydrogen-bond donors (Lipinski definition) is 1. The Balaban J connectivity index is 1.66. The highest BCUT2D eigenvalue weighted by molar-refractivity contribution is 5.99. The summed E-state index contributed by atoms with van der Waals surface area (Å²) in [6, 6.07) is 23.1. The quantitative estimate of drug-likeness (QED) is 0.531. The van der Waals surface area contributed by atoms with Gasteiger partial charge in [0, 0.05) is 5.69 Å². The van der Waals surface area contributed by atoms with Crippen molar-refractivity contribution in [2.45, 2.75) is 13.2 Å². The largest absolute Gasteiger partial charge is 0.457 e. The average Bonchev–Trinajstić information content (AvgIpc) is 2.72. The van der Waals surface area contributed by atoms with Crippen LogP contribution in [0.4, 0.5) is 5.69 Å². The zero-order valence-corrected chi connectivity index (χ0v) is 14.6. The van der Waals surface area contributed by atoms with E-state index in [1.807, 2.05) is 60.7 Å². The van der Waals surface area contributed by atoms with E-state index >= 15 is 0 Å². The molecule has 3 aromatic carbocycles. The summed E-state index contributed by atoms with van der Waals surface area (Å²) in [5, 5.41) is 0. The van der Waals surface area contributed by atoms with Gasteiger partial charge in [-0.05, 0) is 29.3 Å². The Bertz CT molecular complexity index is 924. The van der Waals surface area contributed by atoms with Crippen molar-refractivity contribution in [2.24, 2.45) is 0 Å². The molecule has 0 spiro atoms. The van der Waals surface area contributed by atoms with E-state index in [0.717, 1.165) is 11.1 Å². The minimum atomic E-state index is -0.589. The lowest BCUT2D eigenvalue weighted by atomic mass is 10.1. The van der Waals surface area contributed by atoms with Crippen LogP contribution in [0.2, 0.25) is 0 Å². The van der Waals surface area contributed by atoms with E-state index in [1.54, 1.807) is 0 Å². The highest BCUT2D eigenvalue weighted by Crippen LogP contribution is 2.18. The van der Waals surface area contributed by atoms with Gasteiger partial charge in [-0.2, -0.15) is 0 Å². The van der Waals surface area contributed by atoms with E-state index in [9.17, 15) is 9.59 Å². The van der Waals surface area contributed by atoms with Crippen LogP contribution in [0, 0.1) is 0 Å². The minimum absolute atomic E-state index is 0.127. The monoisotopic (exact) mass is 361 g/mol. The summed E-state index contributed by atoms with van der Waals surface area (Å²) in [6.07, 6.45) is 0. The lowest BCUT2D eigenvalue weighted by molar-refractivity contribution is 0.0471. The van der Waals surface area contributed by atoms with Crippen LogP contribution < -0.4 is 5.73 Å². The Morgan fingerprint density at radius 3 is 1.78 bits per heavy atom. The first kappa shape index (κ1) is 18.2.